The van der Waals surface area contributed by atoms with E-state index in [1.54, 1.807) is 18.2 Å². The minimum Gasteiger partial charge on any atom is -0.373 e. The van der Waals surface area contributed by atoms with Crippen molar-refractivity contribution in [1.82, 2.24) is 24.9 Å². The number of benzene rings is 3. The molecule has 8 nitrogen and oxygen atoms in total. The summed E-state index contributed by atoms with van der Waals surface area (Å²) in [6.45, 7) is 8.63. The van der Waals surface area contributed by atoms with Gasteiger partial charge in [-0.05, 0) is 81.6 Å². The molecule has 1 fully saturated rings. The monoisotopic (exact) mass is 660 g/mol. The van der Waals surface area contributed by atoms with Gasteiger partial charge in [0.15, 0.2) is 5.82 Å². The smallest absolute Gasteiger partial charge is 0.151 e. The molecule has 5 aromatic rings. The number of hydrogen-bond donors (Lipinski definition) is 2. The van der Waals surface area contributed by atoms with Crippen LogP contribution in [-0.2, 0) is 0 Å². The van der Waals surface area contributed by atoms with E-state index in [0.717, 1.165) is 31.5 Å². The topological polar surface area (TPSA) is 94.7 Å². The fourth-order valence-electron chi connectivity index (χ4n) is 5.83. The van der Waals surface area contributed by atoms with Crippen LogP contribution in [0, 0.1) is 23.0 Å². The third-order valence-corrected chi connectivity index (χ3v) is 8.90. The molecule has 1 aliphatic rings. The zero-order valence-corrected chi connectivity index (χ0v) is 27.0. The van der Waals surface area contributed by atoms with Crippen LogP contribution < -0.4 is 10.6 Å². The molecule has 0 unspecified atom stereocenters. The van der Waals surface area contributed by atoms with E-state index in [9.17, 15) is 9.65 Å². The molecule has 0 amide bonds. The van der Waals surface area contributed by atoms with Gasteiger partial charge >= 0.3 is 0 Å². The van der Waals surface area contributed by atoms with Gasteiger partial charge in [0, 0.05) is 46.6 Å². The van der Waals surface area contributed by atoms with Crippen LogP contribution in [0.1, 0.15) is 62.5 Å². The molecular weight excluding hydrogens is 629 g/mol. The Hall–Kier alpha value is -4.30. The Labute approximate surface area is 275 Å². The van der Waals surface area contributed by atoms with Gasteiger partial charge in [-0.1, -0.05) is 40.5 Å². The van der Waals surface area contributed by atoms with Crippen LogP contribution >= 0.6 is 23.2 Å². The Morgan fingerprint density at radius 3 is 2.39 bits per heavy atom. The summed E-state index contributed by atoms with van der Waals surface area (Å²) < 4.78 is 31.4. The van der Waals surface area contributed by atoms with Gasteiger partial charge in [0.05, 0.1) is 34.6 Å². The molecule has 46 heavy (non-hydrogen) atoms. The summed E-state index contributed by atoms with van der Waals surface area (Å²) in [5, 5.41) is 26.3. The maximum atomic E-state index is 15.7. The first-order chi connectivity index (χ1) is 22.0. The average molecular weight is 662 g/mol. The van der Waals surface area contributed by atoms with Crippen molar-refractivity contribution in [2.75, 3.05) is 23.7 Å². The van der Waals surface area contributed by atoms with E-state index in [-0.39, 0.29) is 27.7 Å². The third kappa shape index (κ3) is 6.63. The molecule has 0 spiro atoms. The van der Waals surface area contributed by atoms with Crippen molar-refractivity contribution in [3.05, 3.63) is 105 Å². The molecule has 12 heteroatoms. The summed E-state index contributed by atoms with van der Waals surface area (Å²) in [4.78, 5) is 6.69. The SMILES string of the molecule is CC(C)(C)N1CCC(n2cc([C@@H](Nc3cc(F)c4ncc(C#N)c(Nc5ccc(F)c(Cl)c5)c4c3)c3ccc(Cl)cc3)nn2)CC1. The minimum atomic E-state index is -0.589. The number of nitriles is 1. The maximum Gasteiger partial charge on any atom is 0.151 e. The molecule has 1 atom stereocenters. The highest BCUT2D eigenvalue weighted by molar-refractivity contribution is 6.31. The van der Waals surface area contributed by atoms with E-state index in [1.165, 1.54) is 30.5 Å². The highest BCUT2D eigenvalue weighted by atomic mass is 35.5. The quantitative estimate of drug-likeness (QED) is 0.180. The number of rotatable bonds is 7. The lowest BCUT2D eigenvalue weighted by atomic mass is 9.98. The second-order valence-electron chi connectivity index (χ2n) is 12.4. The number of aromatic nitrogens is 4. The Bertz CT molecular complexity index is 1920. The Morgan fingerprint density at radius 1 is 0.978 bits per heavy atom. The van der Waals surface area contributed by atoms with Crippen LogP contribution in [0.15, 0.2) is 67.0 Å². The Morgan fingerprint density at radius 2 is 1.72 bits per heavy atom. The van der Waals surface area contributed by atoms with E-state index < -0.39 is 17.7 Å². The lowest BCUT2D eigenvalue weighted by Crippen LogP contribution is -2.46. The molecule has 3 heterocycles. The Balaban J connectivity index is 1.36. The third-order valence-electron chi connectivity index (χ3n) is 8.36. The van der Waals surface area contributed by atoms with Crippen LogP contribution in [0.25, 0.3) is 10.9 Å². The summed E-state index contributed by atoms with van der Waals surface area (Å²) >= 11 is 12.2. The van der Waals surface area contributed by atoms with Crippen LogP contribution in [0.4, 0.5) is 25.8 Å². The number of nitrogens with zero attached hydrogens (tertiary/aromatic N) is 6. The molecule has 6 rings (SSSR count). The number of nitrogens with one attached hydrogen (secondary N) is 2. The summed E-state index contributed by atoms with van der Waals surface area (Å²) in [5.41, 5.74) is 3.03. The second-order valence-corrected chi connectivity index (χ2v) is 13.3. The first kappa shape index (κ1) is 31.7. The predicted molar refractivity (Wildman–Crippen MR) is 178 cm³/mol. The summed E-state index contributed by atoms with van der Waals surface area (Å²) in [7, 11) is 0. The van der Waals surface area contributed by atoms with E-state index >= 15 is 4.39 Å². The van der Waals surface area contributed by atoms with E-state index in [1.807, 2.05) is 23.0 Å². The van der Waals surface area contributed by atoms with Crippen molar-refractivity contribution in [3.63, 3.8) is 0 Å². The van der Waals surface area contributed by atoms with E-state index in [0.29, 0.717) is 33.2 Å². The maximum absolute atomic E-state index is 15.7. The summed E-state index contributed by atoms with van der Waals surface area (Å²) in [6, 6.07) is 16.3. The van der Waals surface area contributed by atoms with Gasteiger partial charge in [0.1, 0.15) is 23.1 Å². The van der Waals surface area contributed by atoms with Crippen LogP contribution in [-0.4, -0.2) is 43.5 Å². The summed E-state index contributed by atoms with van der Waals surface area (Å²) in [5.74, 6) is -1.17. The number of fused-ring (bicyclic) bond motifs is 1. The fourth-order valence-corrected chi connectivity index (χ4v) is 6.14. The standard InChI is InChI=1S/C34H32Cl2F2N8/c1-34(2,3)45-12-10-25(11-13-45)46-19-30(43-44-46)32(20-4-6-22(35)7-5-20)42-24-14-26-31(41-23-8-9-28(37)27(36)15-23)21(17-39)18-40-33(26)29(38)16-24/h4-9,14-16,18-19,25,32,42H,10-13H2,1-3H3,(H,40,41)/t32-/m0/s1. The van der Waals surface area contributed by atoms with E-state index in [2.05, 4.69) is 57.7 Å². The van der Waals surface area contributed by atoms with Crippen molar-refractivity contribution < 1.29 is 8.78 Å². The van der Waals surface area contributed by atoms with Gasteiger partial charge in [0.2, 0.25) is 0 Å². The number of piperidine rings is 1. The molecule has 1 saturated heterocycles. The van der Waals surface area contributed by atoms with E-state index in [4.69, 9.17) is 23.2 Å². The van der Waals surface area contributed by atoms with Gasteiger partial charge in [-0.2, -0.15) is 5.26 Å². The number of anilines is 3. The number of halogens is 4. The largest absolute Gasteiger partial charge is 0.373 e. The lowest BCUT2D eigenvalue weighted by molar-refractivity contribution is 0.0866. The predicted octanol–water partition coefficient (Wildman–Crippen LogP) is 8.66. The lowest BCUT2D eigenvalue weighted by Gasteiger charge is -2.40. The molecule has 0 saturated carbocycles. The van der Waals surface area contributed by atoms with Gasteiger partial charge in [0.25, 0.3) is 0 Å². The van der Waals surface area contributed by atoms with Crippen molar-refractivity contribution in [1.29, 1.82) is 5.26 Å². The molecule has 3 aromatic carbocycles. The van der Waals surface area contributed by atoms with Crippen LogP contribution in [0.2, 0.25) is 10.0 Å². The van der Waals surface area contributed by atoms with Gasteiger partial charge in [-0.3, -0.25) is 9.88 Å². The molecule has 0 bridgehead atoms. The minimum absolute atomic E-state index is 0.0656. The highest BCUT2D eigenvalue weighted by Crippen LogP contribution is 2.36. The molecule has 0 radical (unpaired) electrons. The van der Waals surface area contributed by atoms with Crippen molar-refractivity contribution in [2.24, 2.45) is 0 Å². The second kappa shape index (κ2) is 12.8. The number of likely N-dealkylation sites (tertiary alicyclic amines) is 1. The van der Waals surface area contributed by atoms with Gasteiger partial charge < -0.3 is 10.6 Å². The molecule has 1 aliphatic heterocycles. The summed E-state index contributed by atoms with van der Waals surface area (Å²) in [6.07, 6.45) is 5.16. The highest BCUT2D eigenvalue weighted by Gasteiger charge is 2.29. The van der Waals surface area contributed by atoms with Crippen molar-refractivity contribution in [2.45, 2.75) is 51.2 Å². The number of hydrogen-bond acceptors (Lipinski definition) is 7. The average Bonchev–Trinajstić information content (AvgIpc) is 3.52. The van der Waals surface area contributed by atoms with Gasteiger partial charge in [-0.25, -0.2) is 13.5 Å². The molecule has 2 aromatic heterocycles. The molecular formula is C34H32Cl2F2N8. The van der Waals surface area contributed by atoms with Crippen molar-refractivity contribution >= 4 is 51.2 Å². The van der Waals surface area contributed by atoms with Crippen LogP contribution in [0.5, 0.6) is 0 Å². The fraction of sp³-hybridized carbons (Fsp3) is 0.294. The molecule has 0 aliphatic carbocycles. The zero-order chi connectivity index (χ0) is 32.6. The Kier molecular flexibility index (Phi) is 8.84. The van der Waals surface area contributed by atoms with Gasteiger partial charge in [-0.15, -0.1) is 5.10 Å². The molecule has 2 N–H and O–H groups in total. The number of pyridine rings is 1. The zero-order valence-electron chi connectivity index (χ0n) is 25.5. The van der Waals surface area contributed by atoms with Crippen molar-refractivity contribution in [3.8, 4) is 6.07 Å². The molecule has 236 valence electrons. The first-order valence-electron chi connectivity index (χ1n) is 14.9. The first-order valence-corrected chi connectivity index (χ1v) is 15.7. The normalized spacial score (nSPS) is 15.1. The van der Waals surface area contributed by atoms with Crippen LogP contribution in [0.3, 0.4) is 0 Å².